The van der Waals surface area contributed by atoms with E-state index in [0.717, 1.165) is 45.9 Å². The van der Waals surface area contributed by atoms with Gasteiger partial charge in [0.2, 0.25) is 5.91 Å². The number of carbonyl (C=O) groups excluding carboxylic acids is 1. The molecule has 1 amide bonds. The minimum atomic E-state index is 0. The lowest BCUT2D eigenvalue weighted by atomic mass is 9.87. The van der Waals surface area contributed by atoms with E-state index < -0.39 is 0 Å². The zero-order valence-electron chi connectivity index (χ0n) is 15.2. The molecular formula is C19H29Cl2N3O2. The average Bonchev–Trinajstić information content (AvgIpc) is 3.17. The molecule has 7 heteroatoms. The van der Waals surface area contributed by atoms with E-state index in [-0.39, 0.29) is 36.8 Å². The van der Waals surface area contributed by atoms with Crippen LogP contribution in [0.15, 0.2) is 24.3 Å². The van der Waals surface area contributed by atoms with Gasteiger partial charge < -0.3 is 15.0 Å². The average molecular weight is 402 g/mol. The maximum absolute atomic E-state index is 13.1. The van der Waals surface area contributed by atoms with Gasteiger partial charge in [-0.3, -0.25) is 9.69 Å². The number of hydrogen-bond acceptors (Lipinski definition) is 4. The molecule has 0 bridgehead atoms. The summed E-state index contributed by atoms with van der Waals surface area (Å²) >= 11 is 0. The normalized spacial score (nSPS) is 28.2. The standard InChI is InChI=1S/C19H27N3O2.2ClH/c1-14-4-2-3-5-16(14)19-17-11-20-10-15(17)12-22(19)18(23)13-21-6-8-24-9-7-21;;/h2-5,15,17,19-20H,6-13H2,1H3;2*1H/t15-,17-,19-;;/m0../s1. The van der Waals surface area contributed by atoms with Gasteiger partial charge in [-0.2, -0.15) is 0 Å². The minimum absolute atomic E-state index is 0. The summed E-state index contributed by atoms with van der Waals surface area (Å²) in [5.41, 5.74) is 2.61. The van der Waals surface area contributed by atoms with Crippen LogP contribution >= 0.6 is 24.8 Å². The maximum atomic E-state index is 13.1. The molecule has 3 aliphatic heterocycles. The monoisotopic (exact) mass is 401 g/mol. The molecule has 0 aliphatic carbocycles. The Bertz CT molecular complexity index is 610. The Morgan fingerprint density at radius 1 is 1.19 bits per heavy atom. The van der Waals surface area contributed by atoms with Crippen molar-refractivity contribution in [2.45, 2.75) is 13.0 Å². The number of nitrogens with zero attached hydrogens (tertiary/aromatic N) is 2. The van der Waals surface area contributed by atoms with E-state index in [0.29, 0.717) is 18.4 Å². The second-order valence-electron chi connectivity index (χ2n) is 7.32. The van der Waals surface area contributed by atoms with Gasteiger partial charge in [0.15, 0.2) is 0 Å². The predicted molar refractivity (Wildman–Crippen MR) is 107 cm³/mol. The van der Waals surface area contributed by atoms with Gasteiger partial charge in [-0.15, -0.1) is 24.8 Å². The highest BCUT2D eigenvalue weighted by molar-refractivity contribution is 5.85. The highest BCUT2D eigenvalue weighted by Gasteiger charge is 2.47. The first-order valence-corrected chi connectivity index (χ1v) is 9.10. The number of hydrogen-bond donors (Lipinski definition) is 1. The molecule has 3 atom stereocenters. The fourth-order valence-corrected chi connectivity index (χ4v) is 4.54. The number of likely N-dealkylation sites (tertiary alicyclic amines) is 1. The van der Waals surface area contributed by atoms with E-state index in [4.69, 9.17) is 4.74 Å². The van der Waals surface area contributed by atoms with Gasteiger partial charge in [0.05, 0.1) is 25.8 Å². The summed E-state index contributed by atoms with van der Waals surface area (Å²) in [5, 5.41) is 3.52. The third-order valence-corrected chi connectivity index (χ3v) is 5.85. The van der Waals surface area contributed by atoms with Gasteiger partial charge in [-0.05, 0) is 24.0 Å². The van der Waals surface area contributed by atoms with E-state index in [9.17, 15) is 4.79 Å². The van der Waals surface area contributed by atoms with Crippen LogP contribution in [0, 0.1) is 18.8 Å². The number of amides is 1. The summed E-state index contributed by atoms with van der Waals surface area (Å²) in [6.45, 7) is 8.84. The van der Waals surface area contributed by atoms with Crippen LogP contribution in [0.2, 0.25) is 0 Å². The van der Waals surface area contributed by atoms with Crippen molar-refractivity contribution in [2.24, 2.45) is 11.8 Å². The fraction of sp³-hybridized carbons (Fsp3) is 0.632. The molecule has 3 fully saturated rings. The molecule has 0 radical (unpaired) electrons. The van der Waals surface area contributed by atoms with Crippen molar-refractivity contribution >= 4 is 30.7 Å². The van der Waals surface area contributed by atoms with Gasteiger partial charge in [0, 0.05) is 38.6 Å². The van der Waals surface area contributed by atoms with Gasteiger partial charge in [-0.25, -0.2) is 0 Å². The maximum Gasteiger partial charge on any atom is 0.237 e. The highest BCUT2D eigenvalue weighted by Crippen LogP contribution is 2.43. The van der Waals surface area contributed by atoms with Crippen molar-refractivity contribution < 1.29 is 9.53 Å². The molecule has 1 N–H and O–H groups in total. The molecule has 26 heavy (non-hydrogen) atoms. The molecule has 146 valence electrons. The van der Waals surface area contributed by atoms with Crippen molar-refractivity contribution in [1.29, 1.82) is 0 Å². The number of benzene rings is 1. The predicted octanol–water partition coefficient (Wildman–Crippen LogP) is 1.89. The van der Waals surface area contributed by atoms with E-state index >= 15 is 0 Å². The molecule has 1 aromatic rings. The van der Waals surface area contributed by atoms with Crippen LogP contribution in [0.5, 0.6) is 0 Å². The lowest BCUT2D eigenvalue weighted by Gasteiger charge is -2.32. The lowest BCUT2D eigenvalue weighted by Crippen LogP contribution is -2.45. The van der Waals surface area contributed by atoms with Crippen molar-refractivity contribution in [2.75, 3.05) is 52.5 Å². The summed E-state index contributed by atoms with van der Waals surface area (Å²) in [6, 6.07) is 8.77. The molecule has 4 rings (SSSR count). The van der Waals surface area contributed by atoms with Gasteiger partial charge in [-0.1, -0.05) is 24.3 Å². The fourth-order valence-electron chi connectivity index (χ4n) is 4.54. The second-order valence-corrected chi connectivity index (χ2v) is 7.32. The number of rotatable bonds is 3. The Morgan fingerprint density at radius 2 is 1.92 bits per heavy atom. The number of fused-ring (bicyclic) bond motifs is 1. The summed E-state index contributed by atoms with van der Waals surface area (Å²) in [4.78, 5) is 17.5. The third-order valence-electron chi connectivity index (χ3n) is 5.85. The Labute approximate surface area is 168 Å². The second kappa shape index (κ2) is 9.38. The van der Waals surface area contributed by atoms with Crippen LogP contribution < -0.4 is 5.32 Å². The zero-order valence-corrected chi connectivity index (χ0v) is 16.9. The highest BCUT2D eigenvalue weighted by atomic mass is 35.5. The molecule has 0 saturated carbocycles. The Hall–Kier alpha value is -0.850. The van der Waals surface area contributed by atoms with Crippen molar-refractivity contribution in [3.05, 3.63) is 35.4 Å². The molecule has 3 aliphatic rings. The van der Waals surface area contributed by atoms with E-state index in [2.05, 4.69) is 46.3 Å². The molecule has 1 aromatic carbocycles. The summed E-state index contributed by atoms with van der Waals surface area (Å²) in [6.07, 6.45) is 0. The Kier molecular flexibility index (Phi) is 7.74. The van der Waals surface area contributed by atoms with Crippen molar-refractivity contribution in [3.8, 4) is 0 Å². The summed E-state index contributed by atoms with van der Waals surface area (Å²) in [7, 11) is 0. The molecule has 0 aromatic heterocycles. The summed E-state index contributed by atoms with van der Waals surface area (Å²) in [5.74, 6) is 1.41. The lowest BCUT2D eigenvalue weighted by molar-refractivity contribution is -0.134. The van der Waals surface area contributed by atoms with E-state index in [1.165, 1.54) is 11.1 Å². The molecule has 3 saturated heterocycles. The van der Waals surface area contributed by atoms with Crippen LogP contribution in [0.1, 0.15) is 17.2 Å². The molecule has 0 unspecified atom stereocenters. The number of nitrogens with one attached hydrogen (secondary N) is 1. The Balaban J connectivity index is 0.00000121. The first-order chi connectivity index (χ1) is 11.7. The van der Waals surface area contributed by atoms with Crippen LogP contribution in [-0.2, 0) is 9.53 Å². The van der Waals surface area contributed by atoms with Crippen LogP contribution in [0.3, 0.4) is 0 Å². The van der Waals surface area contributed by atoms with Crippen LogP contribution in [0.4, 0.5) is 0 Å². The van der Waals surface area contributed by atoms with E-state index in [1.54, 1.807) is 0 Å². The first kappa shape index (κ1) is 21.5. The smallest absolute Gasteiger partial charge is 0.237 e. The van der Waals surface area contributed by atoms with Gasteiger partial charge >= 0.3 is 0 Å². The Morgan fingerprint density at radius 3 is 2.65 bits per heavy atom. The molecule has 3 heterocycles. The summed E-state index contributed by atoms with van der Waals surface area (Å²) < 4.78 is 5.40. The van der Waals surface area contributed by atoms with E-state index in [1.807, 2.05) is 0 Å². The third kappa shape index (κ3) is 4.18. The molecule has 5 nitrogen and oxygen atoms in total. The number of aryl methyl sites for hydroxylation is 1. The number of ether oxygens (including phenoxy) is 1. The first-order valence-electron chi connectivity index (χ1n) is 9.10. The van der Waals surface area contributed by atoms with Crippen LogP contribution in [-0.4, -0.2) is 68.2 Å². The van der Waals surface area contributed by atoms with Crippen LogP contribution in [0.25, 0.3) is 0 Å². The molecule has 0 spiro atoms. The van der Waals surface area contributed by atoms with Gasteiger partial charge in [0.1, 0.15) is 0 Å². The number of morpholine rings is 1. The zero-order chi connectivity index (χ0) is 16.5. The van der Waals surface area contributed by atoms with Crippen molar-refractivity contribution in [3.63, 3.8) is 0 Å². The largest absolute Gasteiger partial charge is 0.379 e. The quantitative estimate of drug-likeness (QED) is 0.839. The van der Waals surface area contributed by atoms with Crippen molar-refractivity contribution in [1.82, 2.24) is 15.1 Å². The van der Waals surface area contributed by atoms with Gasteiger partial charge in [0.25, 0.3) is 0 Å². The number of halogens is 2. The molecular weight excluding hydrogens is 373 g/mol. The SMILES string of the molecule is Cc1ccccc1[C@H]1[C@H]2CNC[C@H]2CN1C(=O)CN1CCOCC1.Cl.Cl. The topological polar surface area (TPSA) is 44.8 Å². The number of carbonyl (C=O) groups is 1. The minimum Gasteiger partial charge on any atom is -0.379 e.